The van der Waals surface area contributed by atoms with Crippen molar-refractivity contribution in [3.05, 3.63) is 35.9 Å². The normalized spacial score (nSPS) is 16.7. The summed E-state index contributed by atoms with van der Waals surface area (Å²) in [5.74, 6) is -2.33. The first-order chi connectivity index (χ1) is 14.1. The number of carbonyl (C=O) groups excluding carboxylic acids is 5. The summed E-state index contributed by atoms with van der Waals surface area (Å²) < 4.78 is 0. The van der Waals surface area contributed by atoms with Crippen LogP contribution in [0.4, 0.5) is 4.79 Å². The van der Waals surface area contributed by atoms with Gasteiger partial charge in [-0.15, -0.1) is 0 Å². The quantitative estimate of drug-likeness (QED) is 0.311. The Morgan fingerprint density at radius 2 is 1.77 bits per heavy atom. The van der Waals surface area contributed by atoms with Crippen LogP contribution in [0, 0.1) is 0 Å². The van der Waals surface area contributed by atoms with Crippen LogP contribution < -0.4 is 15.8 Å². The Labute approximate surface area is 175 Å². The second-order valence-corrected chi connectivity index (χ2v) is 7.91. The van der Waals surface area contributed by atoms with Crippen LogP contribution in [0.1, 0.15) is 39.3 Å². The molecule has 1 aromatic carbocycles. The maximum absolute atomic E-state index is 12.9. The van der Waals surface area contributed by atoms with Gasteiger partial charge in [0.1, 0.15) is 11.6 Å². The number of hydrogen-bond donors (Lipinski definition) is 3. The molecule has 1 aliphatic rings. The number of piperazine rings is 1. The molecule has 10 nitrogen and oxygen atoms in total. The number of rotatable bonds is 6. The van der Waals surface area contributed by atoms with Gasteiger partial charge in [0.05, 0.1) is 0 Å². The number of carbonyl (C=O) groups is 5. The average Bonchev–Trinajstić information content (AvgIpc) is 2.71. The lowest BCUT2D eigenvalue weighted by Gasteiger charge is -2.33. The maximum Gasteiger partial charge on any atom is 0.325 e. The molecule has 2 atom stereocenters. The van der Waals surface area contributed by atoms with E-state index in [0.29, 0.717) is 18.5 Å². The number of benzene rings is 1. The first kappa shape index (κ1) is 23.0. The molecule has 1 aromatic rings. The highest BCUT2D eigenvalue weighted by molar-refractivity contribution is 6.38. The van der Waals surface area contributed by atoms with E-state index in [1.807, 2.05) is 0 Å². The van der Waals surface area contributed by atoms with Crippen molar-refractivity contribution in [2.75, 3.05) is 19.6 Å². The lowest BCUT2D eigenvalue weighted by Crippen LogP contribution is -3.24. The summed E-state index contributed by atoms with van der Waals surface area (Å²) in [4.78, 5) is 63.7. The molecule has 0 aromatic heterocycles. The van der Waals surface area contributed by atoms with Crippen LogP contribution in [0.15, 0.2) is 30.3 Å². The zero-order chi connectivity index (χ0) is 22.5. The number of likely N-dealkylation sites (N-methyl/N-ethyl adjacent to an activating group) is 1. The van der Waals surface area contributed by atoms with E-state index >= 15 is 0 Å². The predicted octanol–water partition coefficient (Wildman–Crippen LogP) is -1.00. The number of imide groups is 1. The molecule has 0 bridgehead atoms. The fourth-order valence-electron chi connectivity index (χ4n) is 2.92. The van der Waals surface area contributed by atoms with Crippen molar-refractivity contribution in [3.63, 3.8) is 0 Å². The zero-order valence-corrected chi connectivity index (χ0v) is 17.6. The third kappa shape index (κ3) is 5.20. The molecule has 0 spiro atoms. The predicted molar refractivity (Wildman–Crippen MR) is 107 cm³/mol. The van der Waals surface area contributed by atoms with Gasteiger partial charge in [-0.05, 0) is 33.3 Å². The molecule has 30 heavy (non-hydrogen) atoms. The van der Waals surface area contributed by atoms with Gasteiger partial charge in [-0.1, -0.05) is 30.3 Å². The van der Waals surface area contributed by atoms with Gasteiger partial charge >= 0.3 is 24.3 Å². The van der Waals surface area contributed by atoms with Gasteiger partial charge in [-0.3, -0.25) is 19.3 Å². The van der Waals surface area contributed by atoms with Crippen molar-refractivity contribution in [1.82, 2.24) is 20.5 Å². The molecule has 0 saturated carbocycles. The summed E-state index contributed by atoms with van der Waals surface area (Å²) >= 11 is 0. The Balaban J connectivity index is 2.23. The van der Waals surface area contributed by atoms with Gasteiger partial charge in [0.15, 0.2) is 0 Å². The van der Waals surface area contributed by atoms with E-state index in [1.54, 1.807) is 58.0 Å². The van der Waals surface area contributed by atoms with Gasteiger partial charge in [0.25, 0.3) is 5.91 Å². The summed E-state index contributed by atoms with van der Waals surface area (Å²) in [7, 11) is 0. The van der Waals surface area contributed by atoms with E-state index < -0.39 is 35.3 Å². The standard InChI is InChI=1S/C20H27N5O5/c1-5-23-11-12-24(18(29)17(23)28)19(30)21-15(14-9-7-6-8-10-14)16(27)22-25(13-26)20(2,3)4/h6-10,13,15H,5,11-12H2,1-4H3,(H,21,30)(H,22,27)/p+1. The van der Waals surface area contributed by atoms with Crippen LogP contribution in [0.3, 0.4) is 0 Å². The van der Waals surface area contributed by atoms with Crippen LogP contribution in [-0.4, -0.2) is 65.1 Å². The van der Waals surface area contributed by atoms with E-state index in [2.05, 4.69) is 10.7 Å². The summed E-state index contributed by atoms with van der Waals surface area (Å²) in [6.45, 7) is 7.67. The topological polar surface area (TPSA) is 120 Å². The van der Waals surface area contributed by atoms with Gasteiger partial charge in [-0.25, -0.2) is 9.59 Å². The second-order valence-electron chi connectivity index (χ2n) is 7.91. The van der Waals surface area contributed by atoms with Crippen LogP contribution >= 0.6 is 0 Å². The molecular weight excluding hydrogens is 390 g/mol. The van der Waals surface area contributed by atoms with Gasteiger partial charge in [0.2, 0.25) is 0 Å². The Bertz CT molecular complexity index is 821. The molecule has 10 heteroatoms. The third-order valence-electron chi connectivity index (χ3n) is 4.78. The molecule has 2 unspecified atom stereocenters. The van der Waals surface area contributed by atoms with Crippen molar-refractivity contribution in [1.29, 1.82) is 0 Å². The first-order valence-corrected chi connectivity index (χ1v) is 9.69. The molecule has 6 amide bonds. The molecular formula is C20H28N5O5+. The highest BCUT2D eigenvalue weighted by Crippen LogP contribution is 2.14. The molecule has 162 valence electrons. The Hall–Kier alpha value is -3.27. The maximum atomic E-state index is 12.9. The van der Waals surface area contributed by atoms with E-state index in [-0.39, 0.29) is 18.1 Å². The lowest BCUT2D eigenvalue weighted by atomic mass is 10.1. The summed E-state index contributed by atoms with van der Waals surface area (Å²) in [6, 6.07) is 6.42. The fourth-order valence-corrected chi connectivity index (χ4v) is 2.92. The molecule has 3 N–H and O–H groups in total. The molecule has 1 fully saturated rings. The minimum absolute atomic E-state index is 0.0288. The molecule has 1 saturated heterocycles. The average molecular weight is 418 g/mol. The van der Waals surface area contributed by atoms with Crippen LogP contribution in [0.5, 0.6) is 0 Å². The number of hydrogen-bond acceptors (Lipinski definition) is 5. The van der Waals surface area contributed by atoms with Gasteiger partial charge in [-0.2, -0.15) is 10.4 Å². The summed E-state index contributed by atoms with van der Waals surface area (Å²) in [5.41, 5.74) is 2.42. The Morgan fingerprint density at radius 1 is 1.13 bits per heavy atom. The van der Waals surface area contributed by atoms with Gasteiger partial charge in [0, 0.05) is 19.6 Å². The highest BCUT2D eigenvalue weighted by atomic mass is 16.2. The number of nitrogens with zero attached hydrogens (tertiary/aromatic N) is 2. The van der Waals surface area contributed by atoms with Crippen molar-refractivity contribution in [2.24, 2.45) is 0 Å². The molecule has 0 radical (unpaired) electrons. The number of quaternary nitrogens is 1. The minimum Gasteiger partial charge on any atom is -0.333 e. The summed E-state index contributed by atoms with van der Waals surface area (Å²) in [6.07, 6.45) is 0.563. The van der Waals surface area contributed by atoms with Crippen molar-refractivity contribution in [2.45, 2.75) is 39.3 Å². The lowest BCUT2D eigenvalue weighted by molar-refractivity contribution is -0.898. The third-order valence-corrected chi connectivity index (χ3v) is 4.78. The highest BCUT2D eigenvalue weighted by Gasteiger charge is 2.38. The molecule has 1 aliphatic heterocycles. The Kier molecular flexibility index (Phi) is 7.28. The van der Waals surface area contributed by atoms with E-state index in [0.717, 1.165) is 4.90 Å². The van der Waals surface area contributed by atoms with Crippen molar-refractivity contribution < 1.29 is 29.0 Å². The molecule has 1 heterocycles. The molecule has 0 aliphatic carbocycles. The fraction of sp³-hybridized carbons (Fsp3) is 0.450. The van der Waals surface area contributed by atoms with Crippen molar-refractivity contribution >= 4 is 30.2 Å². The van der Waals surface area contributed by atoms with Gasteiger partial charge < -0.3 is 10.2 Å². The number of nitrogens with one attached hydrogen (secondary N) is 3. The first-order valence-electron chi connectivity index (χ1n) is 9.69. The Morgan fingerprint density at radius 3 is 2.30 bits per heavy atom. The smallest absolute Gasteiger partial charge is 0.325 e. The number of urea groups is 1. The van der Waals surface area contributed by atoms with Crippen LogP contribution in [0.25, 0.3) is 0 Å². The van der Waals surface area contributed by atoms with E-state index in [4.69, 9.17) is 0 Å². The summed E-state index contributed by atoms with van der Waals surface area (Å²) in [5, 5.41) is 2.68. The van der Waals surface area contributed by atoms with E-state index in [1.165, 1.54) is 4.90 Å². The SMILES string of the molecule is CCN1CCN(C(=O)NC(C(=O)N[NH+](C=O)C(C)(C)C)c2ccccc2)C(=O)C1=O. The minimum atomic E-state index is -1.16. The van der Waals surface area contributed by atoms with Crippen LogP contribution in [-0.2, 0) is 19.2 Å². The largest absolute Gasteiger partial charge is 0.333 e. The second kappa shape index (κ2) is 9.49. The van der Waals surface area contributed by atoms with E-state index in [9.17, 15) is 24.0 Å². The van der Waals surface area contributed by atoms with Crippen LogP contribution in [0.2, 0.25) is 0 Å². The molecule has 2 rings (SSSR count). The zero-order valence-electron chi connectivity index (χ0n) is 17.6. The monoisotopic (exact) mass is 418 g/mol. The van der Waals surface area contributed by atoms with Crippen molar-refractivity contribution in [3.8, 4) is 0 Å². The number of amides is 6.